The predicted molar refractivity (Wildman–Crippen MR) is 56.3 cm³/mol. The number of hydrogen-bond donors (Lipinski definition) is 2. The molecule has 1 aromatic rings. The summed E-state index contributed by atoms with van der Waals surface area (Å²) >= 11 is 0. The molecule has 1 fully saturated rings. The average Bonchev–Trinajstić information content (AvgIpc) is 2.64. The van der Waals surface area contributed by atoms with Crippen LogP contribution in [-0.2, 0) is 6.54 Å². The fourth-order valence-corrected chi connectivity index (χ4v) is 2.03. The molecular weight excluding hydrogens is 192 g/mol. The summed E-state index contributed by atoms with van der Waals surface area (Å²) in [6.07, 6.45) is 3.85. The van der Waals surface area contributed by atoms with Crippen molar-refractivity contribution in [3.63, 3.8) is 0 Å². The van der Waals surface area contributed by atoms with Crippen LogP contribution < -0.4 is 5.32 Å². The summed E-state index contributed by atoms with van der Waals surface area (Å²) in [4.78, 5) is 0. The van der Waals surface area contributed by atoms with Gasteiger partial charge in [0.05, 0.1) is 11.8 Å². The van der Waals surface area contributed by atoms with Crippen molar-refractivity contribution in [1.29, 1.82) is 0 Å². The highest BCUT2D eigenvalue weighted by molar-refractivity contribution is 5.03. The lowest BCUT2D eigenvalue weighted by Crippen LogP contribution is -2.34. The van der Waals surface area contributed by atoms with Gasteiger partial charge in [0.2, 0.25) is 0 Å². The molecule has 1 aromatic heterocycles. The zero-order valence-electron chi connectivity index (χ0n) is 9.07. The molecule has 0 amide bonds. The Kier molecular flexibility index (Phi) is 3.38. The number of aliphatic hydroxyl groups excluding tert-OH is 1. The van der Waals surface area contributed by atoms with Crippen LogP contribution in [0.3, 0.4) is 0 Å². The van der Waals surface area contributed by atoms with Crippen LogP contribution in [0.5, 0.6) is 0 Å². The van der Waals surface area contributed by atoms with Gasteiger partial charge in [-0.2, -0.15) is 0 Å². The lowest BCUT2D eigenvalue weighted by Gasteiger charge is -2.25. The summed E-state index contributed by atoms with van der Waals surface area (Å²) < 4.78 is 4.99. The first-order chi connectivity index (χ1) is 7.24. The number of nitrogens with one attached hydrogen (secondary N) is 1. The lowest BCUT2D eigenvalue weighted by atomic mass is 9.93. The van der Waals surface area contributed by atoms with Crippen LogP contribution >= 0.6 is 0 Å². The first kappa shape index (κ1) is 10.6. The second-order valence-electron chi connectivity index (χ2n) is 4.32. The van der Waals surface area contributed by atoms with E-state index in [1.165, 1.54) is 0 Å². The molecule has 0 spiro atoms. The average molecular weight is 210 g/mol. The smallest absolute Gasteiger partial charge is 0.133 e. The molecule has 84 valence electrons. The number of nitrogens with zero attached hydrogens (tertiary/aromatic N) is 1. The molecule has 0 atom stereocenters. The van der Waals surface area contributed by atoms with Crippen LogP contribution in [0.25, 0.3) is 0 Å². The monoisotopic (exact) mass is 210 g/mol. The molecule has 0 aromatic carbocycles. The Labute approximate surface area is 89.7 Å². The molecule has 1 saturated carbocycles. The topological polar surface area (TPSA) is 58.3 Å². The van der Waals surface area contributed by atoms with E-state index in [0.29, 0.717) is 6.04 Å². The predicted octanol–water partition coefficient (Wildman–Crippen LogP) is 1.38. The molecule has 1 aliphatic carbocycles. The maximum Gasteiger partial charge on any atom is 0.133 e. The van der Waals surface area contributed by atoms with Gasteiger partial charge in [-0.25, -0.2) is 0 Å². The Hall–Kier alpha value is -0.870. The number of hydrogen-bond acceptors (Lipinski definition) is 4. The second kappa shape index (κ2) is 4.77. The molecule has 0 radical (unpaired) electrons. The summed E-state index contributed by atoms with van der Waals surface area (Å²) in [5.41, 5.74) is 0.957. The van der Waals surface area contributed by atoms with E-state index in [-0.39, 0.29) is 6.10 Å². The highest BCUT2D eigenvalue weighted by atomic mass is 16.5. The minimum absolute atomic E-state index is 0.0858. The Bertz CT molecular complexity index is 303. The minimum atomic E-state index is -0.0858. The molecule has 4 heteroatoms. The summed E-state index contributed by atoms with van der Waals surface area (Å²) in [5, 5.41) is 16.7. The van der Waals surface area contributed by atoms with Gasteiger partial charge < -0.3 is 14.9 Å². The van der Waals surface area contributed by atoms with Crippen molar-refractivity contribution in [3.05, 3.63) is 17.5 Å². The maximum atomic E-state index is 9.36. The Morgan fingerprint density at radius 3 is 2.80 bits per heavy atom. The van der Waals surface area contributed by atoms with Gasteiger partial charge in [-0.1, -0.05) is 5.16 Å². The van der Waals surface area contributed by atoms with E-state index in [1.54, 1.807) is 0 Å². The standard InChI is InChI=1S/C11H18N2O2/c1-8-6-10(13-15-8)7-12-9-2-4-11(14)5-3-9/h6,9,11-12,14H,2-5,7H2,1H3. The zero-order valence-corrected chi connectivity index (χ0v) is 9.07. The molecule has 0 unspecified atom stereocenters. The van der Waals surface area contributed by atoms with E-state index in [4.69, 9.17) is 4.52 Å². The van der Waals surface area contributed by atoms with Gasteiger partial charge in [-0.05, 0) is 32.6 Å². The SMILES string of the molecule is Cc1cc(CNC2CCC(O)CC2)no1. The molecular formula is C11H18N2O2. The first-order valence-corrected chi connectivity index (χ1v) is 5.57. The maximum absolute atomic E-state index is 9.36. The van der Waals surface area contributed by atoms with Crippen LogP contribution in [0, 0.1) is 6.92 Å². The van der Waals surface area contributed by atoms with Gasteiger partial charge in [0, 0.05) is 18.7 Å². The van der Waals surface area contributed by atoms with Crippen molar-refractivity contribution >= 4 is 0 Å². The Morgan fingerprint density at radius 1 is 1.47 bits per heavy atom. The number of aryl methyl sites for hydroxylation is 1. The van der Waals surface area contributed by atoms with Gasteiger partial charge in [0.25, 0.3) is 0 Å². The molecule has 4 nitrogen and oxygen atoms in total. The summed E-state index contributed by atoms with van der Waals surface area (Å²) in [6.45, 7) is 2.66. The van der Waals surface area contributed by atoms with Crippen molar-refractivity contribution in [2.24, 2.45) is 0 Å². The van der Waals surface area contributed by atoms with Gasteiger partial charge >= 0.3 is 0 Å². The van der Waals surface area contributed by atoms with Gasteiger partial charge in [0.1, 0.15) is 5.76 Å². The molecule has 1 aliphatic rings. The molecule has 1 heterocycles. The summed E-state index contributed by atoms with van der Waals surface area (Å²) in [5.74, 6) is 0.853. The normalized spacial score (nSPS) is 26.8. The van der Waals surface area contributed by atoms with E-state index in [0.717, 1.165) is 43.7 Å². The van der Waals surface area contributed by atoms with E-state index >= 15 is 0 Å². The fraction of sp³-hybridized carbons (Fsp3) is 0.727. The third kappa shape index (κ3) is 3.04. The van der Waals surface area contributed by atoms with E-state index < -0.39 is 0 Å². The molecule has 0 saturated heterocycles. The molecule has 2 N–H and O–H groups in total. The fourth-order valence-electron chi connectivity index (χ4n) is 2.03. The molecule has 0 aliphatic heterocycles. The minimum Gasteiger partial charge on any atom is -0.393 e. The van der Waals surface area contributed by atoms with Gasteiger partial charge in [-0.15, -0.1) is 0 Å². The van der Waals surface area contributed by atoms with E-state index in [1.807, 2.05) is 13.0 Å². The van der Waals surface area contributed by atoms with Crippen molar-refractivity contribution in [2.75, 3.05) is 0 Å². The van der Waals surface area contributed by atoms with Crippen LogP contribution in [-0.4, -0.2) is 22.4 Å². The first-order valence-electron chi connectivity index (χ1n) is 5.57. The van der Waals surface area contributed by atoms with Crippen LogP contribution in [0.2, 0.25) is 0 Å². The Balaban J connectivity index is 1.74. The number of aromatic nitrogens is 1. The number of rotatable bonds is 3. The summed E-state index contributed by atoms with van der Waals surface area (Å²) in [6, 6.07) is 2.47. The van der Waals surface area contributed by atoms with Crippen molar-refractivity contribution in [2.45, 2.75) is 51.3 Å². The third-order valence-electron chi connectivity index (χ3n) is 2.95. The third-order valence-corrected chi connectivity index (χ3v) is 2.95. The Morgan fingerprint density at radius 2 is 2.20 bits per heavy atom. The van der Waals surface area contributed by atoms with Crippen molar-refractivity contribution in [3.8, 4) is 0 Å². The van der Waals surface area contributed by atoms with E-state index in [9.17, 15) is 5.11 Å². The second-order valence-corrected chi connectivity index (χ2v) is 4.32. The highest BCUT2D eigenvalue weighted by Gasteiger charge is 2.18. The van der Waals surface area contributed by atoms with Crippen LogP contribution in [0.4, 0.5) is 0 Å². The number of aliphatic hydroxyl groups is 1. The van der Waals surface area contributed by atoms with E-state index in [2.05, 4.69) is 10.5 Å². The van der Waals surface area contributed by atoms with Gasteiger partial charge in [-0.3, -0.25) is 0 Å². The molecule has 0 bridgehead atoms. The highest BCUT2D eigenvalue weighted by Crippen LogP contribution is 2.18. The molecule has 15 heavy (non-hydrogen) atoms. The van der Waals surface area contributed by atoms with Crippen LogP contribution in [0.15, 0.2) is 10.6 Å². The zero-order chi connectivity index (χ0) is 10.7. The largest absolute Gasteiger partial charge is 0.393 e. The summed E-state index contributed by atoms with van der Waals surface area (Å²) in [7, 11) is 0. The van der Waals surface area contributed by atoms with Crippen LogP contribution in [0.1, 0.15) is 37.1 Å². The quantitative estimate of drug-likeness (QED) is 0.791. The van der Waals surface area contributed by atoms with Crippen molar-refractivity contribution < 1.29 is 9.63 Å². The van der Waals surface area contributed by atoms with Gasteiger partial charge in [0.15, 0.2) is 0 Å². The lowest BCUT2D eigenvalue weighted by molar-refractivity contribution is 0.116. The molecule has 2 rings (SSSR count). The van der Waals surface area contributed by atoms with Crippen molar-refractivity contribution in [1.82, 2.24) is 10.5 Å².